The van der Waals surface area contributed by atoms with Crippen LogP contribution in [0, 0.1) is 5.41 Å². The predicted molar refractivity (Wildman–Crippen MR) is 58.5 cm³/mol. The Bertz CT molecular complexity index is 312. The summed E-state index contributed by atoms with van der Waals surface area (Å²) >= 11 is 0. The van der Waals surface area contributed by atoms with Gasteiger partial charge in [-0.3, -0.25) is 4.79 Å². The molecule has 1 saturated heterocycles. The van der Waals surface area contributed by atoms with Crippen molar-refractivity contribution in [1.82, 2.24) is 4.90 Å². The van der Waals surface area contributed by atoms with Crippen LogP contribution in [0.3, 0.4) is 0 Å². The highest BCUT2D eigenvalue weighted by Crippen LogP contribution is 2.39. The van der Waals surface area contributed by atoms with Crippen molar-refractivity contribution in [2.24, 2.45) is 5.41 Å². The smallest absolute Gasteiger partial charge is 0.204 e. The fraction of sp³-hybridized carbons (Fsp3) is 0.750. The van der Waals surface area contributed by atoms with Gasteiger partial charge in [0.2, 0.25) is 5.78 Å². The van der Waals surface area contributed by atoms with Crippen LogP contribution in [0.1, 0.15) is 39.5 Å². The van der Waals surface area contributed by atoms with Gasteiger partial charge in [-0.1, -0.05) is 13.8 Å². The molecule has 1 fully saturated rings. The van der Waals surface area contributed by atoms with Crippen LogP contribution in [0.25, 0.3) is 0 Å². The predicted octanol–water partition coefficient (Wildman–Crippen LogP) is 2.24. The number of Topliss-reactive ketones (excluding diaryl/α,β-unsaturated/α-hetero) is 1. The van der Waals surface area contributed by atoms with Gasteiger partial charge in [0.25, 0.3) is 0 Å². The summed E-state index contributed by atoms with van der Waals surface area (Å²) in [6.45, 7) is 5.79. The molecule has 0 aromatic carbocycles. The van der Waals surface area contributed by atoms with E-state index in [1.807, 2.05) is 13.8 Å². The third-order valence-electron chi connectivity index (χ3n) is 3.45. The van der Waals surface area contributed by atoms with Gasteiger partial charge in [0.1, 0.15) is 0 Å². The number of nitrogens with zero attached hydrogens (tertiary/aromatic N) is 1. The topological polar surface area (TPSA) is 40.5 Å². The Morgan fingerprint density at radius 2 is 1.80 bits per heavy atom. The monoisotopic (exact) mass is 209 g/mol. The van der Waals surface area contributed by atoms with Crippen LogP contribution in [0.15, 0.2) is 11.5 Å². The van der Waals surface area contributed by atoms with Gasteiger partial charge in [0, 0.05) is 24.9 Å². The Kier molecular flexibility index (Phi) is 2.49. The first-order chi connectivity index (χ1) is 7.02. The van der Waals surface area contributed by atoms with E-state index in [0.717, 1.165) is 18.8 Å². The number of allylic oxidation sites excluding steroid dienone is 2. The first kappa shape index (κ1) is 10.5. The summed E-state index contributed by atoms with van der Waals surface area (Å²) in [5.41, 5.74) is 0.473. The minimum atomic E-state index is -0.406. The van der Waals surface area contributed by atoms with Crippen LogP contribution in [-0.2, 0) is 4.79 Å². The second-order valence-corrected chi connectivity index (χ2v) is 5.23. The highest BCUT2D eigenvalue weighted by molar-refractivity contribution is 6.00. The number of aliphatic hydroxyl groups excluding tert-OH is 1. The Hall–Kier alpha value is -0.990. The van der Waals surface area contributed by atoms with Crippen molar-refractivity contribution in [3.8, 4) is 0 Å². The van der Waals surface area contributed by atoms with Gasteiger partial charge < -0.3 is 10.0 Å². The van der Waals surface area contributed by atoms with Crippen molar-refractivity contribution in [2.45, 2.75) is 39.5 Å². The lowest BCUT2D eigenvalue weighted by atomic mass is 9.89. The van der Waals surface area contributed by atoms with Crippen molar-refractivity contribution >= 4 is 5.78 Å². The van der Waals surface area contributed by atoms with Crippen molar-refractivity contribution < 1.29 is 9.90 Å². The average molecular weight is 209 g/mol. The van der Waals surface area contributed by atoms with E-state index in [0.29, 0.717) is 6.42 Å². The molecule has 1 aliphatic heterocycles. The zero-order valence-electron chi connectivity index (χ0n) is 9.55. The molecule has 84 valence electrons. The molecule has 0 saturated carbocycles. The Morgan fingerprint density at radius 3 is 2.27 bits per heavy atom. The number of likely N-dealkylation sites (tertiary alicyclic amines) is 1. The molecule has 0 unspecified atom stereocenters. The van der Waals surface area contributed by atoms with Crippen LogP contribution >= 0.6 is 0 Å². The minimum absolute atomic E-state index is 0.0156. The third-order valence-corrected chi connectivity index (χ3v) is 3.45. The molecule has 2 rings (SSSR count). The number of ketones is 1. The van der Waals surface area contributed by atoms with E-state index in [1.165, 1.54) is 19.3 Å². The number of carbonyl (C=O) groups is 1. The molecule has 2 aliphatic rings. The first-order valence-corrected chi connectivity index (χ1v) is 5.74. The van der Waals surface area contributed by atoms with Crippen molar-refractivity contribution in [3.63, 3.8) is 0 Å². The summed E-state index contributed by atoms with van der Waals surface area (Å²) < 4.78 is 0. The molecule has 15 heavy (non-hydrogen) atoms. The van der Waals surface area contributed by atoms with E-state index >= 15 is 0 Å². The second kappa shape index (κ2) is 3.54. The molecule has 1 heterocycles. The van der Waals surface area contributed by atoms with Crippen molar-refractivity contribution in [3.05, 3.63) is 11.5 Å². The number of carbonyl (C=O) groups excluding carboxylic acids is 1. The van der Waals surface area contributed by atoms with Gasteiger partial charge >= 0.3 is 0 Å². The number of rotatable bonds is 1. The van der Waals surface area contributed by atoms with E-state index < -0.39 is 5.41 Å². The van der Waals surface area contributed by atoms with E-state index in [2.05, 4.69) is 4.90 Å². The number of hydrogen-bond donors (Lipinski definition) is 1. The zero-order valence-corrected chi connectivity index (χ0v) is 9.55. The maximum Gasteiger partial charge on any atom is 0.204 e. The quantitative estimate of drug-likeness (QED) is 0.720. The van der Waals surface area contributed by atoms with Crippen LogP contribution in [-0.4, -0.2) is 28.9 Å². The van der Waals surface area contributed by atoms with Gasteiger partial charge in [-0.2, -0.15) is 0 Å². The van der Waals surface area contributed by atoms with Gasteiger partial charge in [0.15, 0.2) is 5.76 Å². The molecule has 3 nitrogen and oxygen atoms in total. The molecule has 0 amide bonds. The van der Waals surface area contributed by atoms with Gasteiger partial charge in [-0.25, -0.2) is 0 Å². The molecule has 0 radical (unpaired) electrons. The number of aliphatic hydroxyl groups is 1. The minimum Gasteiger partial charge on any atom is -0.503 e. The molecule has 1 N–H and O–H groups in total. The Labute approximate surface area is 90.8 Å². The van der Waals surface area contributed by atoms with Crippen molar-refractivity contribution in [1.29, 1.82) is 0 Å². The molecule has 0 bridgehead atoms. The summed E-state index contributed by atoms with van der Waals surface area (Å²) in [5.74, 6) is -0.0787. The van der Waals surface area contributed by atoms with Crippen LogP contribution in [0.4, 0.5) is 0 Å². The van der Waals surface area contributed by atoms with Gasteiger partial charge in [0.05, 0.1) is 5.70 Å². The third kappa shape index (κ3) is 1.75. The van der Waals surface area contributed by atoms with E-state index in [-0.39, 0.29) is 11.5 Å². The first-order valence-electron chi connectivity index (χ1n) is 5.74. The number of hydrogen-bond acceptors (Lipinski definition) is 3. The second-order valence-electron chi connectivity index (χ2n) is 5.23. The van der Waals surface area contributed by atoms with Gasteiger partial charge in [-0.05, 0) is 19.3 Å². The van der Waals surface area contributed by atoms with Crippen LogP contribution in [0.2, 0.25) is 0 Å². The molecule has 0 aromatic heterocycles. The average Bonchev–Trinajstić information content (AvgIpc) is 2.44. The highest BCUT2D eigenvalue weighted by Gasteiger charge is 2.41. The van der Waals surface area contributed by atoms with E-state index in [9.17, 15) is 9.90 Å². The fourth-order valence-corrected chi connectivity index (χ4v) is 2.46. The molecular weight excluding hydrogens is 190 g/mol. The van der Waals surface area contributed by atoms with Crippen molar-refractivity contribution in [2.75, 3.05) is 13.1 Å². The summed E-state index contributed by atoms with van der Waals surface area (Å²) in [5, 5.41) is 9.83. The SMILES string of the molecule is CC1(C)CC(N2CCCCC2)=C(O)C1=O. The number of piperidine rings is 1. The molecular formula is C12H19NO2. The highest BCUT2D eigenvalue weighted by atomic mass is 16.3. The van der Waals surface area contributed by atoms with E-state index in [4.69, 9.17) is 0 Å². The molecule has 0 spiro atoms. The largest absolute Gasteiger partial charge is 0.503 e. The molecule has 0 aromatic rings. The summed E-state index contributed by atoms with van der Waals surface area (Å²) in [6, 6.07) is 0. The molecule has 3 heteroatoms. The maximum atomic E-state index is 11.7. The standard InChI is InChI=1S/C12H19NO2/c1-12(2)8-9(10(14)11(12)15)13-6-4-3-5-7-13/h14H,3-8H2,1-2H3. The zero-order chi connectivity index (χ0) is 11.1. The lowest BCUT2D eigenvalue weighted by Crippen LogP contribution is -2.29. The lowest BCUT2D eigenvalue weighted by molar-refractivity contribution is -0.124. The normalized spacial score (nSPS) is 26.3. The summed E-state index contributed by atoms with van der Waals surface area (Å²) in [4.78, 5) is 13.9. The summed E-state index contributed by atoms with van der Waals surface area (Å²) in [6.07, 6.45) is 4.30. The molecule has 1 aliphatic carbocycles. The van der Waals surface area contributed by atoms with Gasteiger partial charge in [-0.15, -0.1) is 0 Å². The Morgan fingerprint density at radius 1 is 1.20 bits per heavy atom. The Balaban J connectivity index is 2.19. The maximum absolute atomic E-state index is 11.7. The summed E-state index contributed by atoms with van der Waals surface area (Å²) in [7, 11) is 0. The van der Waals surface area contributed by atoms with E-state index in [1.54, 1.807) is 0 Å². The lowest BCUT2D eigenvalue weighted by Gasteiger charge is -2.30. The molecule has 0 atom stereocenters. The van der Waals surface area contributed by atoms with Crippen LogP contribution in [0.5, 0.6) is 0 Å². The fourth-order valence-electron chi connectivity index (χ4n) is 2.46. The van der Waals surface area contributed by atoms with Crippen LogP contribution < -0.4 is 0 Å².